The summed E-state index contributed by atoms with van der Waals surface area (Å²) in [6.07, 6.45) is 6.97. The van der Waals surface area contributed by atoms with Crippen LogP contribution in [0.2, 0.25) is 0 Å². The average molecular weight is 271 g/mol. The summed E-state index contributed by atoms with van der Waals surface area (Å²) < 4.78 is 4.88. The molecular formula is C14H25NO4. The fourth-order valence-corrected chi connectivity index (χ4v) is 1.56. The molecule has 0 aromatic rings. The minimum Gasteiger partial charge on any atom is -0.480 e. The lowest BCUT2D eigenvalue weighted by molar-refractivity contribution is -0.139. The van der Waals surface area contributed by atoms with E-state index in [4.69, 9.17) is 9.84 Å². The SMILES string of the molecule is C=CCCCCCC(NC(=O)OCCCC)C(=O)O. The van der Waals surface area contributed by atoms with Gasteiger partial charge in [-0.15, -0.1) is 6.58 Å². The van der Waals surface area contributed by atoms with E-state index in [-0.39, 0.29) is 0 Å². The van der Waals surface area contributed by atoms with Gasteiger partial charge in [-0.05, 0) is 25.7 Å². The summed E-state index contributed by atoms with van der Waals surface area (Å²) in [4.78, 5) is 22.4. The molecule has 1 amide bonds. The number of carbonyl (C=O) groups excluding carboxylic acids is 1. The number of aliphatic carboxylic acids is 1. The molecule has 19 heavy (non-hydrogen) atoms. The number of rotatable bonds is 11. The van der Waals surface area contributed by atoms with Crippen molar-refractivity contribution in [2.24, 2.45) is 0 Å². The van der Waals surface area contributed by atoms with Gasteiger partial charge in [-0.25, -0.2) is 9.59 Å². The van der Waals surface area contributed by atoms with Gasteiger partial charge in [0.15, 0.2) is 0 Å². The highest BCUT2D eigenvalue weighted by Crippen LogP contribution is 2.07. The van der Waals surface area contributed by atoms with E-state index in [1.54, 1.807) is 0 Å². The normalized spacial score (nSPS) is 11.6. The fourth-order valence-electron chi connectivity index (χ4n) is 1.56. The third-order valence-electron chi connectivity index (χ3n) is 2.72. The van der Waals surface area contributed by atoms with Gasteiger partial charge >= 0.3 is 12.1 Å². The Morgan fingerprint density at radius 3 is 2.63 bits per heavy atom. The molecule has 0 fully saturated rings. The molecule has 5 heteroatoms. The van der Waals surface area contributed by atoms with Crippen molar-refractivity contribution in [3.8, 4) is 0 Å². The van der Waals surface area contributed by atoms with Crippen molar-refractivity contribution < 1.29 is 19.4 Å². The van der Waals surface area contributed by atoms with E-state index >= 15 is 0 Å². The minimum atomic E-state index is -1.02. The van der Waals surface area contributed by atoms with Gasteiger partial charge in [0.25, 0.3) is 0 Å². The first kappa shape index (κ1) is 17.5. The van der Waals surface area contributed by atoms with E-state index in [1.165, 1.54) is 0 Å². The Kier molecular flexibility index (Phi) is 10.6. The van der Waals surface area contributed by atoms with Crippen molar-refractivity contribution in [2.45, 2.75) is 57.9 Å². The molecule has 0 aromatic carbocycles. The lowest BCUT2D eigenvalue weighted by Gasteiger charge is -2.14. The number of hydrogen-bond acceptors (Lipinski definition) is 3. The first-order chi connectivity index (χ1) is 9.11. The molecule has 0 bridgehead atoms. The van der Waals surface area contributed by atoms with Crippen molar-refractivity contribution in [1.29, 1.82) is 0 Å². The summed E-state index contributed by atoms with van der Waals surface area (Å²) in [7, 11) is 0. The number of amides is 1. The third kappa shape index (κ3) is 10.1. The lowest BCUT2D eigenvalue weighted by atomic mass is 10.1. The molecule has 0 saturated carbocycles. The van der Waals surface area contributed by atoms with E-state index in [0.29, 0.717) is 13.0 Å². The van der Waals surface area contributed by atoms with Crippen LogP contribution >= 0.6 is 0 Å². The molecule has 0 aromatic heterocycles. The molecule has 1 atom stereocenters. The standard InChI is InChI=1S/C14H25NO4/c1-3-5-7-8-9-10-12(13(16)17)15-14(18)19-11-6-4-2/h3,12H,1,4-11H2,2H3,(H,15,18)(H,16,17). The van der Waals surface area contributed by atoms with Crippen LogP contribution in [0.1, 0.15) is 51.9 Å². The number of ether oxygens (including phenoxy) is 1. The number of unbranched alkanes of at least 4 members (excludes halogenated alkanes) is 4. The Hall–Kier alpha value is -1.52. The van der Waals surface area contributed by atoms with Crippen LogP contribution in [0.5, 0.6) is 0 Å². The molecule has 0 rings (SSSR count). The minimum absolute atomic E-state index is 0.327. The van der Waals surface area contributed by atoms with Crippen molar-refractivity contribution in [3.63, 3.8) is 0 Å². The van der Waals surface area contributed by atoms with E-state index in [1.807, 2.05) is 13.0 Å². The van der Waals surface area contributed by atoms with Gasteiger partial charge < -0.3 is 15.2 Å². The second-order valence-corrected chi connectivity index (χ2v) is 4.45. The molecule has 0 aliphatic heterocycles. The molecule has 110 valence electrons. The third-order valence-corrected chi connectivity index (χ3v) is 2.72. The molecular weight excluding hydrogens is 246 g/mol. The average Bonchev–Trinajstić information content (AvgIpc) is 2.37. The molecule has 5 nitrogen and oxygen atoms in total. The maximum absolute atomic E-state index is 11.4. The zero-order chi connectivity index (χ0) is 14.5. The highest BCUT2D eigenvalue weighted by molar-refractivity contribution is 5.79. The summed E-state index contributed by atoms with van der Waals surface area (Å²) >= 11 is 0. The number of allylic oxidation sites excluding steroid dienone is 1. The Balaban J connectivity index is 3.87. The first-order valence-corrected chi connectivity index (χ1v) is 6.88. The first-order valence-electron chi connectivity index (χ1n) is 6.88. The maximum atomic E-state index is 11.4. The molecule has 0 heterocycles. The van der Waals surface area contributed by atoms with Crippen molar-refractivity contribution in [1.82, 2.24) is 5.32 Å². The van der Waals surface area contributed by atoms with Gasteiger partial charge in [0, 0.05) is 0 Å². The van der Waals surface area contributed by atoms with Gasteiger partial charge in [0.2, 0.25) is 0 Å². The molecule has 0 aliphatic carbocycles. The topological polar surface area (TPSA) is 75.6 Å². The predicted octanol–water partition coefficient (Wildman–Crippen LogP) is 3.10. The summed E-state index contributed by atoms with van der Waals surface area (Å²) in [6.45, 7) is 5.95. The van der Waals surface area contributed by atoms with Crippen LogP contribution in [-0.4, -0.2) is 29.8 Å². The molecule has 0 spiro atoms. The zero-order valence-electron chi connectivity index (χ0n) is 11.7. The van der Waals surface area contributed by atoms with Crippen LogP contribution in [0.25, 0.3) is 0 Å². The van der Waals surface area contributed by atoms with Crippen LogP contribution in [0.3, 0.4) is 0 Å². The number of carboxylic acid groups (broad SMARTS) is 1. The van der Waals surface area contributed by atoms with E-state index in [2.05, 4.69) is 11.9 Å². The van der Waals surface area contributed by atoms with Gasteiger partial charge in [0.05, 0.1) is 6.61 Å². The predicted molar refractivity (Wildman–Crippen MR) is 74.1 cm³/mol. The Bertz CT molecular complexity index is 279. The number of carboxylic acids is 1. The van der Waals surface area contributed by atoms with Crippen molar-refractivity contribution in [2.75, 3.05) is 6.61 Å². The highest BCUT2D eigenvalue weighted by Gasteiger charge is 2.19. The maximum Gasteiger partial charge on any atom is 0.407 e. The molecule has 0 aliphatic rings. The van der Waals surface area contributed by atoms with E-state index in [0.717, 1.165) is 38.5 Å². The lowest BCUT2D eigenvalue weighted by Crippen LogP contribution is -2.41. The second kappa shape index (κ2) is 11.6. The van der Waals surface area contributed by atoms with E-state index < -0.39 is 18.1 Å². The largest absolute Gasteiger partial charge is 0.480 e. The van der Waals surface area contributed by atoms with Gasteiger partial charge in [0.1, 0.15) is 6.04 Å². The molecule has 2 N–H and O–H groups in total. The second-order valence-electron chi connectivity index (χ2n) is 4.45. The summed E-state index contributed by atoms with van der Waals surface area (Å²) in [6, 6.07) is -0.863. The monoisotopic (exact) mass is 271 g/mol. The van der Waals surface area contributed by atoms with Crippen LogP contribution in [0.15, 0.2) is 12.7 Å². The van der Waals surface area contributed by atoms with Crippen molar-refractivity contribution >= 4 is 12.1 Å². The number of nitrogens with one attached hydrogen (secondary N) is 1. The van der Waals surface area contributed by atoms with Gasteiger partial charge in [-0.1, -0.05) is 32.3 Å². The van der Waals surface area contributed by atoms with Crippen molar-refractivity contribution in [3.05, 3.63) is 12.7 Å². The Morgan fingerprint density at radius 2 is 2.05 bits per heavy atom. The van der Waals surface area contributed by atoms with Crippen LogP contribution in [0, 0.1) is 0 Å². The molecule has 0 radical (unpaired) electrons. The Labute approximate surface area is 115 Å². The zero-order valence-corrected chi connectivity index (χ0v) is 11.7. The summed E-state index contributed by atoms with van der Waals surface area (Å²) in [5.41, 5.74) is 0. The smallest absolute Gasteiger partial charge is 0.407 e. The number of hydrogen-bond donors (Lipinski definition) is 2. The Morgan fingerprint density at radius 1 is 1.32 bits per heavy atom. The quantitative estimate of drug-likeness (QED) is 0.447. The summed E-state index contributed by atoms with van der Waals surface area (Å²) in [5.74, 6) is -1.02. The van der Waals surface area contributed by atoms with E-state index in [9.17, 15) is 9.59 Å². The number of alkyl carbamates (subject to hydrolysis) is 1. The van der Waals surface area contributed by atoms with Gasteiger partial charge in [-0.3, -0.25) is 0 Å². The van der Waals surface area contributed by atoms with Crippen LogP contribution in [0.4, 0.5) is 4.79 Å². The molecule has 0 saturated heterocycles. The summed E-state index contributed by atoms with van der Waals surface area (Å²) in [5, 5.41) is 11.4. The number of carbonyl (C=O) groups is 2. The highest BCUT2D eigenvalue weighted by atomic mass is 16.5. The van der Waals surface area contributed by atoms with Crippen LogP contribution in [-0.2, 0) is 9.53 Å². The van der Waals surface area contributed by atoms with Gasteiger partial charge in [-0.2, -0.15) is 0 Å². The van der Waals surface area contributed by atoms with Crippen LogP contribution < -0.4 is 5.32 Å². The molecule has 1 unspecified atom stereocenters. The fraction of sp³-hybridized carbons (Fsp3) is 0.714.